The Morgan fingerprint density at radius 2 is 1.59 bits per heavy atom. The fourth-order valence-electron chi connectivity index (χ4n) is 3.61. The number of hydrogen-bond donors (Lipinski definition) is 8. The summed E-state index contributed by atoms with van der Waals surface area (Å²) in [7, 11) is -8.47. The van der Waals surface area contributed by atoms with Crippen LogP contribution in [0.4, 0.5) is 5.69 Å². The van der Waals surface area contributed by atoms with Gasteiger partial charge in [0.2, 0.25) is 10.0 Å². The highest BCUT2D eigenvalue weighted by Crippen LogP contribution is 2.41. The first kappa shape index (κ1) is 22.6. The van der Waals surface area contributed by atoms with E-state index in [0.29, 0.717) is 16.8 Å². The minimum absolute atomic E-state index is 0.0941. The van der Waals surface area contributed by atoms with Crippen molar-refractivity contribution < 1.29 is 16.8 Å². The molecule has 2 saturated heterocycles. The van der Waals surface area contributed by atoms with Gasteiger partial charge < -0.3 is 16.8 Å². The molecular formula is C17H23N9O4S2. The summed E-state index contributed by atoms with van der Waals surface area (Å²) in [6.07, 6.45) is -0.861. The van der Waals surface area contributed by atoms with E-state index in [1.807, 2.05) is 0 Å². The zero-order valence-electron chi connectivity index (χ0n) is 16.7. The lowest BCUT2D eigenvalue weighted by Gasteiger charge is -2.29. The molecule has 2 fully saturated rings. The van der Waals surface area contributed by atoms with Crippen molar-refractivity contribution >= 4 is 31.5 Å². The average Bonchev–Trinajstić information content (AvgIpc) is 3.19. The number of benzene rings is 2. The zero-order valence-corrected chi connectivity index (χ0v) is 18.3. The topological polar surface area (TPSA) is 219 Å². The number of nitrogens with one attached hydrogen (secondary N) is 5. The second kappa shape index (κ2) is 8.38. The van der Waals surface area contributed by atoms with Crippen LogP contribution in [0.1, 0.15) is 11.7 Å². The van der Waals surface area contributed by atoms with Crippen molar-refractivity contribution in [3.63, 3.8) is 0 Å². The molecule has 2 aliphatic heterocycles. The second-order valence-electron chi connectivity index (χ2n) is 7.25. The Balaban J connectivity index is 2.07. The van der Waals surface area contributed by atoms with Crippen LogP contribution < -0.4 is 43.8 Å². The van der Waals surface area contributed by atoms with Crippen LogP contribution >= 0.6 is 0 Å². The highest BCUT2D eigenvalue weighted by atomic mass is 32.2. The molecule has 32 heavy (non-hydrogen) atoms. The van der Waals surface area contributed by atoms with E-state index in [4.69, 9.17) is 16.6 Å². The normalized spacial score (nSPS) is 17.8. The third kappa shape index (κ3) is 4.07. The van der Waals surface area contributed by atoms with Crippen LogP contribution in [0.3, 0.4) is 0 Å². The van der Waals surface area contributed by atoms with Gasteiger partial charge in [-0.1, -0.05) is 24.3 Å². The molecule has 0 saturated carbocycles. The lowest BCUT2D eigenvalue weighted by Crippen LogP contribution is -2.51. The fraction of sp³-hybridized carbons (Fsp3) is 0.235. The van der Waals surface area contributed by atoms with Crippen molar-refractivity contribution in [3.05, 3.63) is 42.0 Å². The number of aliphatic imine (C=N–C) groups is 1. The Bertz CT molecular complexity index is 1280. The number of rotatable bonds is 6. The molecule has 2 aromatic carbocycles. The van der Waals surface area contributed by atoms with E-state index in [1.165, 1.54) is 12.1 Å². The molecule has 2 heterocycles. The Morgan fingerprint density at radius 1 is 0.938 bits per heavy atom. The molecule has 172 valence electrons. The minimum Gasteiger partial charge on any atom is -0.370 e. The molecule has 0 aromatic heterocycles. The van der Waals surface area contributed by atoms with Crippen LogP contribution in [0.15, 0.2) is 51.2 Å². The van der Waals surface area contributed by atoms with Crippen molar-refractivity contribution in [1.29, 1.82) is 0 Å². The van der Waals surface area contributed by atoms with E-state index < -0.39 is 36.2 Å². The smallest absolute Gasteiger partial charge is 0.239 e. The summed E-state index contributed by atoms with van der Waals surface area (Å²) in [5.41, 5.74) is 23.2. The molecule has 0 bridgehead atoms. The summed E-state index contributed by atoms with van der Waals surface area (Å²) in [4.78, 5) is 3.25. The first-order valence-electron chi connectivity index (χ1n) is 9.45. The highest BCUT2D eigenvalue weighted by Gasteiger charge is 2.39. The first-order valence-corrected chi connectivity index (χ1v) is 12.5. The van der Waals surface area contributed by atoms with Crippen LogP contribution in [0.2, 0.25) is 0 Å². The van der Waals surface area contributed by atoms with Gasteiger partial charge in [-0.3, -0.25) is 0 Å². The maximum Gasteiger partial charge on any atom is 0.239 e. The van der Waals surface area contributed by atoms with Gasteiger partial charge in [0.25, 0.3) is 0 Å². The lowest BCUT2D eigenvalue weighted by molar-refractivity contribution is 0.491. The Morgan fingerprint density at radius 3 is 2.16 bits per heavy atom. The quantitative estimate of drug-likeness (QED) is 0.163. The summed E-state index contributed by atoms with van der Waals surface area (Å²) in [6, 6.07) is 9.54. The summed E-state index contributed by atoms with van der Waals surface area (Å²) in [5.74, 6) is -0.192. The van der Waals surface area contributed by atoms with Crippen LogP contribution in [0, 0.1) is 0 Å². The second-order valence-corrected chi connectivity index (χ2v) is 10.9. The van der Waals surface area contributed by atoms with E-state index >= 15 is 0 Å². The number of nitrogens with zero attached hydrogens (tertiary/aromatic N) is 1. The number of primary sulfonamides is 1. The summed E-state index contributed by atoms with van der Waals surface area (Å²) in [5, 5.41) is 7.71. The first-order chi connectivity index (χ1) is 15.1. The van der Waals surface area contributed by atoms with Gasteiger partial charge >= 0.3 is 0 Å². The van der Waals surface area contributed by atoms with Crippen molar-refractivity contribution in [2.24, 2.45) is 21.6 Å². The number of nitrogens with two attached hydrogens (primary N) is 3. The number of para-hydroxylation sites is 1. The van der Waals surface area contributed by atoms with Crippen molar-refractivity contribution in [2.75, 3.05) is 13.1 Å². The highest BCUT2D eigenvalue weighted by molar-refractivity contribution is 7.94. The van der Waals surface area contributed by atoms with Crippen LogP contribution in [0.25, 0.3) is 11.1 Å². The van der Waals surface area contributed by atoms with Gasteiger partial charge in [-0.2, -0.15) is 11.1 Å². The predicted octanol–water partition coefficient (Wildman–Crippen LogP) is -2.23. The standard InChI is InChI=1S/C17H23N9O4S2/c18-17(19)22-12-4-2-1-3-10(12)11-5-6-13(31(27,28)9-7-21-8-9)15(32(20,29)30)14(11)16-23-25-26-24-16/h1-6,9,16,21,23-26H,7-8H2,(H4,18,19,22)(H2,20,29,30). The summed E-state index contributed by atoms with van der Waals surface area (Å²) in [6.45, 7) is 0.444. The van der Waals surface area contributed by atoms with Crippen molar-refractivity contribution in [1.82, 2.24) is 27.2 Å². The van der Waals surface area contributed by atoms with E-state index in [2.05, 4.69) is 32.2 Å². The zero-order chi connectivity index (χ0) is 23.1. The van der Waals surface area contributed by atoms with E-state index in [-0.39, 0.29) is 29.5 Å². The fourth-order valence-corrected chi connectivity index (χ4v) is 6.85. The third-order valence-electron chi connectivity index (χ3n) is 5.16. The van der Waals surface area contributed by atoms with Crippen molar-refractivity contribution in [3.8, 4) is 11.1 Å². The van der Waals surface area contributed by atoms with Crippen LogP contribution in [0.5, 0.6) is 0 Å². The summed E-state index contributed by atoms with van der Waals surface area (Å²) < 4.78 is 52.0. The van der Waals surface area contributed by atoms with Gasteiger partial charge in [0, 0.05) is 24.2 Å². The van der Waals surface area contributed by atoms with E-state index in [1.54, 1.807) is 24.3 Å². The molecule has 0 spiro atoms. The van der Waals surface area contributed by atoms with Gasteiger partial charge in [0.15, 0.2) is 15.8 Å². The molecule has 15 heteroatoms. The summed E-state index contributed by atoms with van der Waals surface area (Å²) >= 11 is 0. The van der Waals surface area contributed by atoms with Gasteiger partial charge in [0.05, 0.1) is 15.8 Å². The van der Waals surface area contributed by atoms with Gasteiger partial charge in [0.1, 0.15) is 11.1 Å². The number of sulfonamides is 1. The maximum absolute atomic E-state index is 13.2. The van der Waals surface area contributed by atoms with Gasteiger partial charge in [-0.15, -0.1) is 0 Å². The lowest BCUT2D eigenvalue weighted by atomic mass is 9.96. The molecule has 0 aliphatic carbocycles. The Labute approximate surface area is 184 Å². The molecule has 0 amide bonds. The molecule has 11 N–H and O–H groups in total. The molecule has 2 aromatic rings. The Kier molecular flexibility index (Phi) is 5.91. The van der Waals surface area contributed by atoms with E-state index in [9.17, 15) is 16.8 Å². The van der Waals surface area contributed by atoms with Crippen LogP contribution in [-0.2, 0) is 19.9 Å². The molecule has 0 unspecified atom stereocenters. The average molecular weight is 482 g/mol. The van der Waals surface area contributed by atoms with Gasteiger partial charge in [-0.25, -0.2) is 37.8 Å². The number of hydrazine groups is 3. The molecule has 4 rings (SSSR count). The largest absolute Gasteiger partial charge is 0.370 e. The SMILES string of the molecule is NC(N)=Nc1ccccc1-c1ccc(S(=O)(=O)C2CNC2)c(S(N)(=O)=O)c1C1NNNN1. The van der Waals surface area contributed by atoms with Crippen molar-refractivity contribution in [2.45, 2.75) is 21.2 Å². The van der Waals surface area contributed by atoms with E-state index in [0.717, 1.165) is 0 Å². The number of hydrogen-bond acceptors (Lipinski definition) is 10. The third-order valence-corrected chi connectivity index (χ3v) is 8.46. The minimum atomic E-state index is -4.49. The van der Waals surface area contributed by atoms with Gasteiger partial charge in [-0.05, 0) is 17.7 Å². The van der Waals surface area contributed by atoms with Crippen LogP contribution in [-0.4, -0.2) is 41.1 Å². The predicted molar refractivity (Wildman–Crippen MR) is 118 cm³/mol. The number of guanidine groups is 1. The monoisotopic (exact) mass is 481 g/mol. The molecule has 0 atom stereocenters. The molecule has 0 radical (unpaired) electrons. The maximum atomic E-state index is 13.2. The molecular weight excluding hydrogens is 458 g/mol. The Hall–Kier alpha value is -2.63. The molecule has 13 nitrogen and oxygen atoms in total. The number of sulfone groups is 1. The molecule has 2 aliphatic rings.